The number of nitrogens with zero attached hydrogens (tertiary/aromatic N) is 1. The minimum Gasteiger partial charge on any atom is -0.490 e. The minimum absolute atomic E-state index is 0.0241. The molecule has 1 aromatic carbocycles. The molecule has 0 aromatic heterocycles. The zero-order valence-electron chi connectivity index (χ0n) is 18.9. The molecule has 0 spiro atoms. The smallest absolute Gasteiger partial charge is 0.251 e. The van der Waals surface area contributed by atoms with Crippen LogP contribution in [0.2, 0.25) is 0 Å². The fourth-order valence-electron chi connectivity index (χ4n) is 5.27. The number of ether oxygens (including phenoxy) is 1. The molecule has 3 atom stereocenters. The number of benzene rings is 1. The van der Waals surface area contributed by atoms with E-state index in [4.69, 9.17) is 4.74 Å². The Labute approximate surface area is 190 Å². The summed E-state index contributed by atoms with van der Waals surface area (Å²) in [5.74, 6) is 2.91. The van der Waals surface area contributed by atoms with Gasteiger partial charge in [0.25, 0.3) is 5.91 Å². The lowest BCUT2D eigenvalue weighted by molar-refractivity contribution is -0.134. The van der Waals surface area contributed by atoms with E-state index in [-0.39, 0.29) is 30.1 Å². The molecule has 1 aromatic rings. The van der Waals surface area contributed by atoms with Crippen LogP contribution in [0.3, 0.4) is 0 Å². The molecule has 6 nitrogen and oxygen atoms in total. The van der Waals surface area contributed by atoms with E-state index in [1.54, 1.807) is 6.07 Å². The van der Waals surface area contributed by atoms with Crippen LogP contribution in [0.4, 0.5) is 0 Å². The molecular weight excluding hydrogens is 404 g/mol. The van der Waals surface area contributed by atoms with Crippen LogP contribution in [-0.4, -0.2) is 48.2 Å². The Bertz CT molecular complexity index is 872. The first-order chi connectivity index (χ1) is 15.5. The SMILES string of the molecule is CC(=O)CCC(=O)N1CCC(Oc2cccc(C(=O)NCCC3CC4C=CC3C4)c2)CC1. The van der Waals surface area contributed by atoms with Crippen LogP contribution in [0.15, 0.2) is 36.4 Å². The van der Waals surface area contributed by atoms with Gasteiger partial charge in [-0.3, -0.25) is 9.59 Å². The summed E-state index contributed by atoms with van der Waals surface area (Å²) >= 11 is 0. The van der Waals surface area contributed by atoms with Gasteiger partial charge in [0, 0.05) is 50.9 Å². The summed E-state index contributed by atoms with van der Waals surface area (Å²) in [6.45, 7) is 3.50. The molecule has 3 aliphatic rings. The largest absolute Gasteiger partial charge is 0.490 e. The predicted octanol–water partition coefficient (Wildman–Crippen LogP) is 3.76. The number of hydrogen-bond donors (Lipinski definition) is 1. The summed E-state index contributed by atoms with van der Waals surface area (Å²) in [4.78, 5) is 37.7. The highest BCUT2D eigenvalue weighted by atomic mass is 16.5. The number of hydrogen-bond acceptors (Lipinski definition) is 4. The number of nitrogens with one attached hydrogen (secondary N) is 1. The molecule has 4 rings (SSSR count). The van der Waals surface area contributed by atoms with Gasteiger partial charge in [0.05, 0.1) is 0 Å². The molecule has 1 saturated carbocycles. The van der Waals surface area contributed by atoms with Crippen molar-refractivity contribution in [1.82, 2.24) is 10.2 Å². The Balaban J connectivity index is 1.20. The van der Waals surface area contributed by atoms with Crippen molar-refractivity contribution in [2.45, 2.75) is 58.0 Å². The molecule has 6 heteroatoms. The van der Waals surface area contributed by atoms with Gasteiger partial charge in [0.1, 0.15) is 17.6 Å². The zero-order chi connectivity index (χ0) is 22.5. The highest BCUT2D eigenvalue weighted by Gasteiger charge is 2.35. The number of allylic oxidation sites excluding steroid dienone is 2. The summed E-state index contributed by atoms with van der Waals surface area (Å²) in [5, 5.41) is 3.07. The molecule has 3 unspecified atom stereocenters. The van der Waals surface area contributed by atoms with Crippen molar-refractivity contribution in [3.05, 3.63) is 42.0 Å². The summed E-state index contributed by atoms with van der Waals surface area (Å²) in [6, 6.07) is 7.35. The average molecular weight is 439 g/mol. The van der Waals surface area contributed by atoms with Gasteiger partial charge < -0.3 is 19.7 Å². The minimum atomic E-state index is -0.0555. The fourth-order valence-corrected chi connectivity index (χ4v) is 5.27. The third-order valence-electron chi connectivity index (χ3n) is 7.10. The Kier molecular flexibility index (Phi) is 7.28. The number of ketones is 1. The molecule has 2 aliphatic carbocycles. The number of likely N-dealkylation sites (tertiary alicyclic amines) is 1. The topological polar surface area (TPSA) is 75.7 Å². The van der Waals surface area contributed by atoms with Gasteiger partial charge in [-0.15, -0.1) is 0 Å². The second kappa shape index (κ2) is 10.3. The summed E-state index contributed by atoms with van der Waals surface area (Å²) in [6.07, 6.45) is 10.4. The third-order valence-corrected chi connectivity index (χ3v) is 7.10. The number of amides is 2. The van der Waals surface area contributed by atoms with Crippen molar-refractivity contribution in [1.29, 1.82) is 0 Å². The molecular formula is C26H34N2O4. The van der Waals surface area contributed by atoms with Gasteiger partial charge in [-0.1, -0.05) is 18.2 Å². The number of carbonyl (C=O) groups is 3. The molecule has 1 saturated heterocycles. The van der Waals surface area contributed by atoms with Gasteiger partial charge in [0.15, 0.2) is 0 Å². The highest BCUT2D eigenvalue weighted by molar-refractivity contribution is 5.94. The molecule has 1 N–H and O–H groups in total. The molecule has 172 valence electrons. The Morgan fingerprint density at radius 3 is 2.59 bits per heavy atom. The van der Waals surface area contributed by atoms with E-state index in [1.807, 2.05) is 23.1 Å². The van der Waals surface area contributed by atoms with Crippen LogP contribution in [0.1, 0.15) is 62.2 Å². The third kappa shape index (κ3) is 5.78. The molecule has 2 fully saturated rings. The Morgan fingerprint density at radius 2 is 1.91 bits per heavy atom. The maximum atomic E-state index is 12.6. The number of fused-ring (bicyclic) bond motifs is 2. The second-order valence-corrected chi connectivity index (χ2v) is 9.51. The quantitative estimate of drug-likeness (QED) is 0.596. The molecule has 1 heterocycles. The van der Waals surface area contributed by atoms with Gasteiger partial charge in [-0.2, -0.15) is 0 Å². The van der Waals surface area contributed by atoms with Crippen molar-refractivity contribution in [3.63, 3.8) is 0 Å². The van der Waals surface area contributed by atoms with Crippen LogP contribution in [0, 0.1) is 17.8 Å². The number of carbonyl (C=O) groups excluding carboxylic acids is 3. The second-order valence-electron chi connectivity index (χ2n) is 9.51. The van der Waals surface area contributed by atoms with Gasteiger partial charge in [-0.25, -0.2) is 0 Å². The average Bonchev–Trinajstić information content (AvgIpc) is 3.41. The molecule has 0 radical (unpaired) electrons. The van der Waals surface area contributed by atoms with Crippen molar-refractivity contribution >= 4 is 17.6 Å². The first-order valence-electron chi connectivity index (χ1n) is 12.0. The van der Waals surface area contributed by atoms with Gasteiger partial charge in [-0.05, 0) is 62.1 Å². The number of piperidine rings is 1. The highest BCUT2D eigenvalue weighted by Crippen LogP contribution is 2.44. The summed E-state index contributed by atoms with van der Waals surface area (Å²) in [7, 11) is 0. The van der Waals surface area contributed by atoms with Crippen LogP contribution in [-0.2, 0) is 9.59 Å². The lowest BCUT2D eigenvalue weighted by atomic mass is 9.90. The fraction of sp³-hybridized carbons (Fsp3) is 0.577. The van der Waals surface area contributed by atoms with Crippen molar-refractivity contribution < 1.29 is 19.1 Å². The lowest BCUT2D eigenvalue weighted by Gasteiger charge is -2.32. The maximum absolute atomic E-state index is 12.6. The van der Waals surface area contributed by atoms with E-state index in [1.165, 1.54) is 19.8 Å². The van der Waals surface area contributed by atoms with E-state index in [9.17, 15) is 14.4 Å². The molecule has 2 amide bonds. The Morgan fingerprint density at radius 1 is 1.09 bits per heavy atom. The normalized spacial score (nSPS) is 24.5. The molecule has 2 bridgehead atoms. The monoisotopic (exact) mass is 438 g/mol. The van der Waals surface area contributed by atoms with Crippen LogP contribution in [0.25, 0.3) is 0 Å². The van der Waals surface area contributed by atoms with Crippen LogP contribution < -0.4 is 10.1 Å². The van der Waals surface area contributed by atoms with E-state index >= 15 is 0 Å². The standard InChI is InChI=1S/C26H34N2O4/c1-18(29)5-8-25(30)28-13-10-23(11-14-28)32-24-4-2-3-22(17-24)26(31)27-12-9-21-16-19-6-7-20(21)15-19/h2-4,6-7,17,19-21,23H,5,8-16H2,1H3,(H,27,31). The Hall–Kier alpha value is -2.63. The first-order valence-corrected chi connectivity index (χ1v) is 12.0. The summed E-state index contributed by atoms with van der Waals surface area (Å²) < 4.78 is 6.11. The lowest BCUT2D eigenvalue weighted by Crippen LogP contribution is -2.41. The van der Waals surface area contributed by atoms with Crippen molar-refractivity contribution in [2.75, 3.05) is 19.6 Å². The van der Waals surface area contributed by atoms with E-state index in [2.05, 4.69) is 17.5 Å². The predicted molar refractivity (Wildman–Crippen MR) is 122 cm³/mol. The number of Topliss-reactive ketones (excluding diaryl/α,β-unsaturated/α-hetero) is 1. The van der Waals surface area contributed by atoms with E-state index in [0.717, 1.165) is 25.2 Å². The van der Waals surface area contributed by atoms with Crippen molar-refractivity contribution in [2.24, 2.45) is 17.8 Å². The first kappa shape index (κ1) is 22.6. The molecule has 1 aliphatic heterocycles. The van der Waals surface area contributed by atoms with E-state index < -0.39 is 0 Å². The zero-order valence-corrected chi connectivity index (χ0v) is 18.9. The van der Waals surface area contributed by atoms with Crippen LogP contribution in [0.5, 0.6) is 5.75 Å². The van der Waals surface area contributed by atoms with Crippen LogP contribution >= 0.6 is 0 Å². The summed E-state index contributed by atoms with van der Waals surface area (Å²) in [5.41, 5.74) is 0.618. The van der Waals surface area contributed by atoms with Gasteiger partial charge in [0.2, 0.25) is 5.91 Å². The van der Waals surface area contributed by atoms with Crippen molar-refractivity contribution in [3.8, 4) is 5.75 Å². The maximum Gasteiger partial charge on any atom is 0.251 e. The van der Waals surface area contributed by atoms with E-state index in [0.29, 0.717) is 49.2 Å². The molecule has 32 heavy (non-hydrogen) atoms. The number of rotatable bonds is 9. The van der Waals surface area contributed by atoms with Gasteiger partial charge >= 0.3 is 0 Å².